The highest BCUT2D eigenvalue weighted by Crippen LogP contribution is 2.30. The van der Waals surface area contributed by atoms with Gasteiger partial charge < -0.3 is 5.73 Å². The molecule has 2 aromatic carbocycles. The number of primary amides is 1. The lowest BCUT2D eigenvalue weighted by molar-refractivity contribution is -0.137. The number of nitrogens with two attached hydrogens (primary N) is 1. The molecule has 0 bridgehead atoms. The Morgan fingerprint density at radius 1 is 1.07 bits per heavy atom. The normalized spacial score (nSPS) is 13.6. The number of carbonyl (C=O) groups is 1. The number of amides is 1. The maximum absolute atomic E-state index is 13.3. The van der Waals surface area contributed by atoms with E-state index in [-0.39, 0.29) is 29.3 Å². The van der Waals surface area contributed by atoms with Crippen LogP contribution in [-0.4, -0.2) is 24.7 Å². The number of alkyl halides is 3. The Morgan fingerprint density at radius 3 is 2.03 bits per heavy atom. The van der Waals surface area contributed by atoms with E-state index in [1.54, 1.807) is 13.8 Å². The highest BCUT2D eigenvalue weighted by Gasteiger charge is 2.36. The Labute approximate surface area is 178 Å². The molecule has 0 aliphatic rings. The minimum absolute atomic E-state index is 0.0574. The summed E-state index contributed by atoms with van der Waals surface area (Å²) in [5, 5.41) is 0.330. The lowest BCUT2D eigenvalue weighted by atomic mass is 10.0. The molecule has 2 N–H and O–H groups in total. The van der Waals surface area contributed by atoms with Crippen LogP contribution in [0, 0.1) is 5.92 Å². The zero-order valence-electron chi connectivity index (χ0n) is 16.4. The van der Waals surface area contributed by atoms with Gasteiger partial charge in [-0.3, -0.25) is 4.79 Å². The highest BCUT2D eigenvalue weighted by molar-refractivity contribution is 7.89. The summed E-state index contributed by atoms with van der Waals surface area (Å²) in [6.45, 7) is 3.30. The first-order valence-electron chi connectivity index (χ1n) is 9.05. The van der Waals surface area contributed by atoms with Gasteiger partial charge in [-0.25, -0.2) is 8.42 Å². The molecular formula is C20H22ClF3N2O3S. The van der Waals surface area contributed by atoms with Gasteiger partial charge in [-0.1, -0.05) is 37.6 Å². The lowest BCUT2D eigenvalue weighted by Gasteiger charge is -2.30. The number of benzene rings is 2. The highest BCUT2D eigenvalue weighted by atomic mass is 35.5. The minimum atomic E-state index is -4.51. The van der Waals surface area contributed by atoms with E-state index in [1.807, 2.05) is 0 Å². The topological polar surface area (TPSA) is 80.5 Å². The van der Waals surface area contributed by atoms with Gasteiger partial charge in [0.05, 0.1) is 10.5 Å². The average molecular weight is 463 g/mol. The van der Waals surface area contributed by atoms with Gasteiger partial charge in [0.15, 0.2) is 0 Å². The molecule has 0 unspecified atom stereocenters. The van der Waals surface area contributed by atoms with Gasteiger partial charge in [0.1, 0.15) is 6.04 Å². The molecule has 0 aromatic heterocycles. The van der Waals surface area contributed by atoms with Crippen LogP contribution in [0.1, 0.15) is 31.4 Å². The van der Waals surface area contributed by atoms with E-state index < -0.39 is 33.7 Å². The minimum Gasteiger partial charge on any atom is -0.368 e. The van der Waals surface area contributed by atoms with Gasteiger partial charge in [0.2, 0.25) is 15.9 Å². The summed E-state index contributed by atoms with van der Waals surface area (Å²) in [6.07, 6.45) is -4.36. The molecule has 0 fully saturated rings. The molecule has 0 saturated heterocycles. The predicted octanol–water partition coefficient (Wildman–Crippen LogP) is 4.45. The third-order valence-corrected chi connectivity index (χ3v) is 6.53. The van der Waals surface area contributed by atoms with Crippen LogP contribution in [0.5, 0.6) is 0 Å². The second-order valence-corrected chi connectivity index (χ2v) is 9.57. The molecule has 1 atom stereocenters. The Balaban J connectivity index is 2.50. The van der Waals surface area contributed by atoms with Crippen LogP contribution in [0.3, 0.4) is 0 Å². The summed E-state index contributed by atoms with van der Waals surface area (Å²) in [5.74, 6) is -0.897. The van der Waals surface area contributed by atoms with Crippen molar-refractivity contribution in [2.75, 3.05) is 0 Å². The van der Waals surface area contributed by atoms with E-state index in [4.69, 9.17) is 17.3 Å². The van der Waals surface area contributed by atoms with E-state index in [9.17, 15) is 26.4 Å². The number of carbonyl (C=O) groups excluding carboxylic acids is 1. The predicted molar refractivity (Wildman–Crippen MR) is 108 cm³/mol. The molecule has 30 heavy (non-hydrogen) atoms. The lowest BCUT2D eigenvalue weighted by Crippen LogP contribution is -2.48. The quantitative estimate of drug-likeness (QED) is 0.629. The van der Waals surface area contributed by atoms with E-state index in [0.717, 1.165) is 16.4 Å². The Kier molecular flexibility index (Phi) is 7.54. The van der Waals surface area contributed by atoms with Crippen LogP contribution >= 0.6 is 11.6 Å². The first-order valence-corrected chi connectivity index (χ1v) is 10.9. The SMILES string of the molecule is CC(C)C[C@H](C(N)=O)N(Cc1ccc(C(F)(F)F)cc1)S(=O)(=O)c1ccc(Cl)cc1. The molecule has 2 aromatic rings. The number of sulfonamides is 1. The number of rotatable bonds is 8. The molecule has 2 rings (SSSR count). The van der Waals surface area contributed by atoms with Crippen molar-refractivity contribution in [1.29, 1.82) is 0 Å². The van der Waals surface area contributed by atoms with Crippen molar-refractivity contribution < 1.29 is 26.4 Å². The summed E-state index contributed by atoms with van der Waals surface area (Å²) >= 11 is 5.83. The standard InChI is InChI=1S/C20H22ClF3N2O3S/c1-13(2)11-18(19(25)27)26(30(28,29)17-9-7-16(21)8-10-17)12-14-3-5-15(6-4-14)20(22,23)24/h3-10,13,18H,11-12H2,1-2H3,(H2,25,27)/t18-/m1/s1. The van der Waals surface area contributed by atoms with Crippen LogP contribution in [0.2, 0.25) is 5.02 Å². The first kappa shape index (κ1) is 24.2. The monoisotopic (exact) mass is 462 g/mol. The fraction of sp³-hybridized carbons (Fsp3) is 0.350. The van der Waals surface area contributed by atoms with E-state index in [0.29, 0.717) is 5.02 Å². The van der Waals surface area contributed by atoms with Crippen molar-refractivity contribution in [3.63, 3.8) is 0 Å². The summed E-state index contributed by atoms with van der Waals surface area (Å²) in [5.41, 5.74) is 4.94. The summed E-state index contributed by atoms with van der Waals surface area (Å²) in [6, 6.07) is 8.30. The first-order chi connectivity index (χ1) is 13.8. The Hall–Kier alpha value is -2.10. The van der Waals surface area contributed by atoms with Crippen LogP contribution in [-0.2, 0) is 27.5 Å². The Bertz CT molecular complexity index is 976. The number of halogens is 4. The molecule has 0 aliphatic carbocycles. The number of hydrogen-bond acceptors (Lipinski definition) is 3. The molecule has 0 radical (unpaired) electrons. The zero-order chi connectivity index (χ0) is 22.7. The summed E-state index contributed by atoms with van der Waals surface area (Å²) in [7, 11) is -4.19. The molecule has 1 amide bonds. The van der Waals surface area contributed by atoms with Crippen LogP contribution in [0.4, 0.5) is 13.2 Å². The molecule has 0 heterocycles. The van der Waals surface area contributed by atoms with Gasteiger partial charge in [0, 0.05) is 11.6 Å². The van der Waals surface area contributed by atoms with E-state index >= 15 is 0 Å². The van der Waals surface area contributed by atoms with Crippen LogP contribution < -0.4 is 5.73 Å². The van der Waals surface area contributed by atoms with Gasteiger partial charge >= 0.3 is 6.18 Å². The third-order valence-electron chi connectivity index (χ3n) is 4.41. The summed E-state index contributed by atoms with van der Waals surface area (Å²) in [4.78, 5) is 12.0. The second kappa shape index (κ2) is 9.36. The molecule has 164 valence electrons. The molecule has 5 nitrogen and oxygen atoms in total. The van der Waals surface area contributed by atoms with Crippen molar-refractivity contribution in [3.05, 3.63) is 64.7 Å². The van der Waals surface area contributed by atoms with Crippen molar-refractivity contribution in [2.24, 2.45) is 11.7 Å². The second-order valence-electron chi connectivity index (χ2n) is 7.25. The van der Waals surface area contributed by atoms with Crippen molar-refractivity contribution in [1.82, 2.24) is 4.31 Å². The molecular weight excluding hydrogens is 441 g/mol. The molecule has 0 spiro atoms. The van der Waals surface area contributed by atoms with Gasteiger partial charge in [-0.2, -0.15) is 17.5 Å². The average Bonchev–Trinajstić information content (AvgIpc) is 2.64. The Morgan fingerprint density at radius 2 is 1.60 bits per heavy atom. The largest absolute Gasteiger partial charge is 0.416 e. The fourth-order valence-corrected chi connectivity index (χ4v) is 4.63. The van der Waals surface area contributed by atoms with Crippen molar-refractivity contribution >= 4 is 27.5 Å². The van der Waals surface area contributed by atoms with Crippen molar-refractivity contribution in [2.45, 2.75) is 43.9 Å². The van der Waals surface area contributed by atoms with Gasteiger partial charge in [-0.05, 0) is 54.3 Å². The van der Waals surface area contributed by atoms with Gasteiger partial charge in [-0.15, -0.1) is 0 Å². The van der Waals surface area contributed by atoms with E-state index in [1.165, 1.54) is 36.4 Å². The fourth-order valence-electron chi connectivity index (χ4n) is 2.91. The molecule has 0 aliphatic heterocycles. The molecule has 0 saturated carbocycles. The maximum Gasteiger partial charge on any atom is 0.416 e. The number of hydrogen-bond donors (Lipinski definition) is 1. The van der Waals surface area contributed by atoms with Crippen molar-refractivity contribution in [3.8, 4) is 0 Å². The van der Waals surface area contributed by atoms with E-state index in [2.05, 4.69) is 0 Å². The van der Waals surface area contributed by atoms with Gasteiger partial charge in [0.25, 0.3) is 0 Å². The number of nitrogens with zero attached hydrogens (tertiary/aromatic N) is 1. The zero-order valence-corrected chi connectivity index (χ0v) is 17.9. The molecule has 10 heteroatoms. The van der Waals surface area contributed by atoms with Crippen LogP contribution in [0.15, 0.2) is 53.4 Å². The summed E-state index contributed by atoms with van der Waals surface area (Å²) < 4.78 is 66.0. The smallest absolute Gasteiger partial charge is 0.368 e. The van der Waals surface area contributed by atoms with Crippen LogP contribution in [0.25, 0.3) is 0 Å². The third kappa shape index (κ3) is 5.96. The maximum atomic E-state index is 13.3.